The Bertz CT molecular complexity index is 403. The summed E-state index contributed by atoms with van der Waals surface area (Å²) < 4.78 is 5.92. The monoisotopic (exact) mass is 260 g/mol. The molecule has 1 aliphatic heterocycles. The summed E-state index contributed by atoms with van der Waals surface area (Å²) in [6.45, 7) is 9.49. The maximum atomic E-state index is 8.99. The van der Waals surface area contributed by atoms with Gasteiger partial charge in [0.15, 0.2) is 0 Å². The number of para-hydroxylation sites is 1. The minimum absolute atomic E-state index is 0.257. The van der Waals surface area contributed by atoms with Crippen molar-refractivity contribution in [3.05, 3.63) is 29.8 Å². The summed E-state index contributed by atoms with van der Waals surface area (Å²) >= 11 is 0. The number of piperidine rings is 1. The van der Waals surface area contributed by atoms with Gasteiger partial charge < -0.3 is 9.64 Å². The number of hydrogen-bond acceptors (Lipinski definition) is 3. The van der Waals surface area contributed by atoms with Crippen molar-refractivity contribution in [2.24, 2.45) is 0 Å². The molecule has 1 aromatic rings. The van der Waals surface area contributed by atoms with E-state index in [0.29, 0.717) is 5.56 Å². The van der Waals surface area contributed by atoms with Gasteiger partial charge in [0, 0.05) is 13.1 Å². The largest absolute Gasteiger partial charge is 0.489 e. The fourth-order valence-corrected chi connectivity index (χ4v) is 2.18. The van der Waals surface area contributed by atoms with E-state index in [1.807, 2.05) is 32.0 Å². The fourth-order valence-electron chi connectivity index (χ4n) is 2.18. The molecule has 0 bridgehead atoms. The first-order valence-corrected chi connectivity index (χ1v) is 7.21. The Morgan fingerprint density at radius 1 is 1.26 bits per heavy atom. The molecule has 0 saturated carbocycles. The first-order chi connectivity index (χ1) is 9.33. The zero-order chi connectivity index (χ0) is 14.1. The van der Waals surface area contributed by atoms with Gasteiger partial charge in [-0.3, -0.25) is 0 Å². The van der Waals surface area contributed by atoms with Crippen molar-refractivity contribution in [3.8, 4) is 11.8 Å². The number of likely N-dealkylation sites (tertiary alicyclic amines) is 1. The summed E-state index contributed by atoms with van der Waals surface area (Å²) in [6.07, 6.45) is 2.36. The predicted octanol–water partition coefficient (Wildman–Crippen LogP) is 3.45. The molecule has 0 N–H and O–H groups in total. The summed E-state index contributed by atoms with van der Waals surface area (Å²) in [5.74, 6) is 0.727. The van der Waals surface area contributed by atoms with Crippen LogP contribution in [0.5, 0.6) is 5.75 Å². The predicted molar refractivity (Wildman–Crippen MR) is 78.3 cm³/mol. The molecular formula is C16H24N2O. The highest BCUT2D eigenvalue weighted by atomic mass is 16.5. The summed E-state index contributed by atoms with van der Waals surface area (Å²) in [5, 5.41) is 8.99. The van der Waals surface area contributed by atoms with Gasteiger partial charge in [0.1, 0.15) is 17.9 Å². The Balaban J connectivity index is 0.000000861. The van der Waals surface area contributed by atoms with Crippen LogP contribution in [0.2, 0.25) is 0 Å². The van der Waals surface area contributed by atoms with Crippen molar-refractivity contribution in [3.63, 3.8) is 0 Å². The zero-order valence-corrected chi connectivity index (χ0v) is 12.2. The molecule has 3 heteroatoms. The van der Waals surface area contributed by atoms with Gasteiger partial charge in [0.2, 0.25) is 0 Å². The maximum absolute atomic E-state index is 8.99. The molecule has 19 heavy (non-hydrogen) atoms. The van der Waals surface area contributed by atoms with Gasteiger partial charge in [-0.15, -0.1) is 0 Å². The second-order valence-corrected chi connectivity index (χ2v) is 4.36. The quantitative estimate of drug-likeness (QED) is 0.835. The van der Waals surface area contributed by atoms with Crippen LogP contribution in [0.1, 0.15) is 39.2 Å². The number of ether oxygens (including phenoxy) is 1. The standard InChI is InChI=1S/C14H18N2O.C2H6/c1-2-16-9-7-13(8-10-16)17-14-6-4-3-5-12(14)11-15;1-2/h3-6,13H,2,7-10H2,1H3;1-2H3. The molecule has 3 nitrogen and oxygen atoms in total. The van der Waals surface area contributed by atoms with Crippen LogP contribution in [0.4, 0.5) is 0 Å². The Hall–Kier alpha value is -1.53. The van der Waals surface area contributed by atoms with Gasteiger partial charge in [0.25, 0.3) is 0 Å². The van der Waals surface area contributed by atoms with E-state index in [4.69, 9.17) is 10.00 Å². The third-order valence-electron chi connectivity index (χ3n) is 3.28. The fraction of sp³-hybridized carbons (Fsp3) is 0.562. The lowest BCUT2D eigenvalue weighted by atomic mass is 10.1. The number of hydrogen-bond donors (Lipinski definition) is 0. The highest BCUT2D eigenvalue weighted by Gasteiger charge is 2.20. The number of nitriles is 1. The van der Waals surface area contributed by atoms with Crippen LogP contribution in [-0.4, -0.2) is 30.6 Å². The van der Waals surface area contributed by atoms with E-state index in [1.54, 1.807) is 6.07 Å². The lowest BCUT2D eigenvalue weighted by Gasteiger charge is -2.31. The van der Waals surface area contributed by atoms with Crippen LogP contribution in [0.15, 0.2) is 24.3 Å². The molecule has 1 saturated heterocycles. The van der Waals surface area contributed by atoms with Gasteiger partial charge in [-0.2, -0.15) is 5.26 Å². The zero-order valence-electron chi connectivity index (χ0n) is 12.2. The molecule has 0 aliphatic carbocycles. The maximum Gasteiger partial charge on any atom is 0.137 e. The van der Waals surface area contributed by atoms with Crippen LogP contribution in [-0.2, 0) is 0 Å². The van der Waals surface area contributed by atoms with E-state index < -0.39 is 0 Å². The number of nitrogens with zero attached hydrogens (tertiary/aromatic N) is 2. The van der Waals surface area contributed by atoms with Crippen LogP contribution in [0, 0.1) is 11.3 Å². The van der Waals surface area contributed by atoms with E-state index in [0.717, 1.165) is 38.2 Å². The van der Waals surface area contributed by atoms with Gasteiger partial charge in [-0.25, -0.2) is 0 Å². The highest BCUT2D eigenvalue weighted by Crippen LogP contribution is 2.22. The van der Waals surface area contributed by atoms with Crippen molar-refractivity contribution in [1.82, 2.24) is 4.90 Å². The van der Waals surface area contributed by atoms with E-state index in [2.05, 4.69) is 17.9 Å². The average Bonchev–Trinajstić information content (AvgIpc) is 2.50. The molecule has 1 aliphatic rings. The van der Waals surface area contributed by atoms with Crippen molar-refractivity contribution < 1.29 is 4.74 Å². The number of rotatable bonds is 3. The first-order valence-electron chi connectivity index (χ1n) is 7.21. The van der Waals surface area contributed by atoms with Gasteiger partial charge in [-0.05, 0) is 31.5 Å². The van der Waals surface area contributed by atoms with Crippen molar-refractivity contribution in [2.45, 2.75) is 39.7 Å². The minimum Gasteiger partial charge on any atom is -0.489 e. The molecule has 0 spiro atoms. The Morgan fingerprint density at radius 3 is 2.47 bits per heavy atom. The second-order valence-electron chi connectivity index (χ2n) is 4.36. The molecule has 2 rings (SSSR count). The Morgan fingerprint density at radius 2 is 1.89 bits per heavy atom. The molecule has 0 amide bonds. The van der Waals surface area contributed by atoms with E-state index in [9.17, 15) is 0 Å². The van der Waals surface area contributed by atoms with Gasteiger partial charge in [0.05, 0.1) is 5.56 Å². The van der Waals surface area contributed by atoms with Crippen LogP contribution in [0.3, 0.4) is 0 Å². The summed E-state index contributed by atoms with van der Waals surface area (Å²) in [5.41, 5.74) is 0.630. The summed E-state index contributed by atoms with van der Waals surface area (Å²) in [6, 6.07) is 9.63. The molecular weight excluding hydrogens is 236 g/mol. The third-order valence-corrected chi connectivity index (χ3v) is 3.28. The molecule has 0 unspecified atom stereocenters. The topological polar surface area (TPSA) is 36.3 Å². The van der Waals surface area contributed by atoms with Crippen LogP contribution >= 0.6 is 0 Å². The van der Waals surface area contributed by atoms with Gasteiger partial charge in [-0.1, -0.05) is 32.9 Å². The molecule has 0 atom stereocenters. The van der Waals surface area contributed by atoms with E-state index >= 15 is 0 Å². The molecule has 1 aromatic carbocycles. The third kappa shape index (κ3) is 4.57. The lowest BCUT2D eigenvalue weighted by Crippen LogP contribution is -2.38. The Kier molecular flexibility index (Phi) is 6.99. The van der Waals surface area contributed by atoms with Crippen molar-refractivity contribution in [1.29, 1.82) is 5.26 Å². The minimum atomic E-state index is 0.257. The van der Waals surface area contributed by atoms with Crippen LogP contribution in [0.25, 0.3) is 0 Å². The lowest BCUT2D eigenvalue weighted by molar-refractivity contribution is 0.103. The molecule has 0 aromatic heterocycles. The number of benzene rings is 1. The molecule has 1 heterocycles. The van der Waals surface area contributed by atoms with Crippen molar-refractivity contribution >= 4 is 0 Å². The summed E-state index contributed by atoms with van der Waals surface area (Å²) in [7, 11) is 0. The Labute approximate surface area is 116 Å². The highest BCUT2D eigenvalue weighted by molar-refractivity contribution is 5.42. The van der Waals surface area contributed by atoms with E-state index in [-0.39, 0.29) is 6.10 Å². The van der Waals surface area contributed by atoms with Gasteiger partial charge >= 0.3 is 0 Å². The smallest absolute Gasteiger partial charge is 0.137 e. The van der Waals surface area contributed by atoms with Crippen molar-refractivity contribution in [2.75, 3.05) is 19.6 Å². The molecule has 0 radical (unpaired) electrons. The molecule has 104 valence electrons. The SMILES string of the molecule is CC.CCN1CCC(Oc2ccccc2C#N)CC1. The summed E-state index contributed by atoms with van der Waals surface area (Å²) in [4.78, 5) is 2.43. The normalized spacial score (nSPS) is 16.1. The molecule has 1 fully saturated rings. The van der Waals surface area contributed by atoms with Crippen LogP contribution < -0.4 is 4.74 Å². The van der Waals surface area contributed by atoms with E-state index in [1.165, 1.54) is 0 Å². The first kappa shape index (κ1) is 15.5. The average molecular weight is 260 g/mol. The second kappa shape index (κ2) is 8.55.